The van der Waals surface area contributed by atoms with Crippen LogP contribution in [0.15, 0.2) is 103 Å². The molecule has 0 atom stereocenters. The molecule has 0 N–H and O–H groups in total. The van der Waals surface area contributed by atoms with Crippen molar-refractivity contribution in [2.75, 3.05) is 0 Å². The lowest BCUT2D eigenvalue weighted by Gasteiger charge is -2.08. The van der Waals surface area contributed by atoms with E-state index in [9.17, 15) is 4.39 Å². The van der Waals surface area contributed by atoms with Gasteiger partial charge >= 0.3 is 0 Å². The number of fused-ring (bicyclic) bond motifs is 1. The topological polar surface area (TPSA) is 25.8 Å². The summed E-state index contributed by atoms with van der Waals surface area (Å²) < 4.78 is 13.2. The zero-order chi connectivity index (χ0) is 19.6. The Hall–Kier alpha value is -3.85. The van der Waals surface area contributed by atoms with Crippen molar-refractivity contribution >= 4 is 10.8 Å². The molecule has 2 aromatic heterocycles. The highest BCUT2D eigenvalue weighted by Gasteiger charge is 2.05. The monoisotopic (exact) mass is 376 g/mol. The Labute approximate surface area is 168 Å². The van der Waals surface area contributed by atoms with Crippen LogP contribution in [0.5, 0.6) is 0 Å². The Morgan fingerprint density at radius 2 is 1.17 bits per heavy atom. The predicted molar refractivity (Wildman–Crippen MR) is 116 cm³/mol. The van der Waals surface area contributed by atoms with E-state index in [1.807, 2.05) is 30.5 Å². The van der Waals surface area contributed by atoms with Gasteiger partial charge in [-0.3, -0.25) is 9.97 Å². The van der Waals surface area contributed by atoms with Gasteiger partial charge in [0.25, 0.3) is 0 Å². The first kappa shape index (κ1) is 17.3. The summed E-state index contributed by atoms with van der Waals surface area (Å²) in [6.45, 7) is 0. The Balaban J connectivity index is 1.51. The van der Waals surface area contributed by atoms with Gasteiger partial charge in [0.15, 0.2) is 0 Å². The van der Waals surface area contributed by atoms with Gasteiger partial charge < -0.3 is 0 Å². The van der Waals surface area contributed by atoms with Crippen LogP contribution in [0.1, 0.15) is 0 Å². The molecule has 138 valence electrons. The average Bonchev–Trinajstić information content (AvgIpc) is 2.79. The first-order valence-electron chi connectivity index (χ1n) is 9.44. The number of benzene rings is 3. The summed E-state index contributed by atoms with van der Waals surface area (Å²) in [6.07, 6.45) is 3.65. The van der Waals surface area contributed by atoms with Crippen molar-refractivity contribution in [3.8, 4) is 33.6 Å². The second kappa shape index (κ2) is 7.28. The minimum atomic E-state index is -0.224. The third-order valence-corrected chi connectivity index (χ3v) is 5.04. The van der Waals surface area contributed by atoms with Gasteiger partial charge in [-0.1, -0.05) is 48.5 Å². The molecule has 5 rings (SSSR count). The lowest BCUT2D eigenvalue weighted by molar-refractivity contribution is 0.628. The van der Waals surface area contributed by atoms with Gasteiger partial charge in [-0.15, -0.1) is 0 Å². The molecule has 0 bridgehead atoms. The van der Waals surface area contributed by atoms with Crippen molar-refractivity contribution in [2.45, 2.75) is 0 Å². The molecule has 3 aromatic carbocycles. The van der Waals surface area contributed by atoms with Crippen molar-refractivity contribution < 1.29 is 4.39 Å². The maximum absolute atomic E-state index is 13.2. The molecule has 0 amide bonds. The summed E-state index contributed by atoms with van der Waals surface area (Å²) >= 11 is 0. The van der Waals surface area contributed by atoms with E-state index in [-0.39, 0.29) is 5.82 Å². The quantitative estimate of drug-likeness (QED) is 0.347. The van der Waals surface area contributed by atoms with E-state index in [1.165, 1.54) is 12.1 Å². The largest absolute Gasteiger partial charge is 0.255 e. The standard InChI is InChI=1S/C26H17FN2/c27-24-11-8-18(9-12-24)20-6-4-19-5-7-21(16-23(19)15-20)22-10-13-26(29-17-22)25-3-1-2-14-28-25/h1-17H. The Kier molecular flexibility index (Phi) is 4.34. The van der Waals surface area contributed by atoms with Gasteiger partial charge in [-0.2, -0.15) is 0 Å². The Morgan fingerprint density at radius 1 is 0.517 bits per heavy atom. The fraction of sp³-hybridized carbons (Fsp3) is 0. The first-order chi connectivity index (χ1) is 14.3. The number of aromatic nitrogens is 2. The van der Waals surface area contributed by atoms with E-state index in [2.05, 4.69) is 52.4 Å². The number of nitrogens with zero attached hydrogens (tertiary/aromatic N) is 2. The molecule has 5 aromatic rings. The first-order valence-corrected chi connectivity index (χ1v) is 9.44. The van der Waals surface area contributed by atoms with Crippen LogP contribution < -0.4 is 0 Å². The number of halogens is 1. The number of hydrogen-bond acceptors (Lipinski definition) is 2. The summed E-state index contributed by atoms with van der Waals surface area (Å²) in [6, 6.07) is 29.2. The van der Waals surface area contributed by atoms with E-state index in [0.717, 1.165) is 44.4 Å². The Morgan fingerprint density at radius 3 is 1.83 bits per heavy atom. The molecule has 0 unspecified atom stereocenters. The molecule has 0 aliphatic carbocycles. The highest BCUT2D eigenvalue weighted by atomic mass is 19.1. The summed E-state index contributed by atoms with van der Waals surface area (Å²) in [4.78, 5) is 8.93. The van der Waals surface area contributed by atoms with Crippen LogP contribution in [0, 0.1) is 5.82 Å². The van der Waals surface area contributed by atoms with Gasteiger partial charge in [0.2, 0.25) is 0 Å². The van der Waals surface area contributed by atoms with Crippen molar-refractivity contribution in [3.63, 3.8) is 0 Å². The molecule has 0 saturated heterocycles. The molecule has 0 saturated carbocycles. The normalized spacial score (nSPS) is 10.9. The van der Waals surface area contributed by atoms with E-state index < -0.39 is 0 Å². The summed E-state index contributed by atoms with van der Waals surface area (Å²) in [5, 5.41) is 2.30. The van der Waals surface area contributed by atoms with Gasteiger partial charge in [-0.25, -0.2) is 4.39 Å². The molecular formula is C26H17FN2. The van der Waals surface area contributed by atoms with Crippen LogP contribution in [-0.2, 0) is 0 Å². The molecular weight excluding hydrogens is 359 g/mol. The smallest absolute Gasteiger partial charge is 0.123 e. The summed E-state index contributed by atoms with van der Waals surface area (Å²) in [5.74, 6) is -0.224. The number of rotatable bonds is 3. The van der Waals surface area contributed by atoms with E-state index in [4.69, 9.17) is 0 Å². The van der Waals surface area contributed by atoms with Gasteiger partial charge in [-0.05, 0) is 69.9 Å². The fourth-order valence-electron chi connectivity index (χ4n) is 3.48. The van der Waals surface area contributed by atoms with Gasteiger partial charge in [0.05, 0.1) is 11.4 Å². The molecule has 0 aliphatic rings. The van der Waals surface area contributed by atoms with Crippen LogP contribution in [0.2, 0.25) is 0 Å². The average molecular weight is 376 g/mol. The Bertz CT molecular complexity index is 1280. The highest BCUT2D eigenvalue weighted by Crippen LogP contribution is 2.29. The van der Waals surface area contributed by atoms with Crippen LogP contribution >= 0.6 is 0 Å². The molecule has 2 heterocycles. The third kappa shape index (κ3) is 3.50. The minimum absolute atomic E-state index is 0.224. The lowest BCUT2D eigenvalue weighted by Crippen LogP contribution is -1.87. The van der Waals surface area contributed by atoms with Crippen molar-refractivity contribution in [2.24, 2.45) is 0 Å². The highest BCUT2D eigenvalue weighted by molar-refractivity contribution is 5.90. The van der Waals surface area contributed by atoms with Crippen molar-refractivity contribution in [1.82, 2.24) is 9.97 Å². The van der Waals surface area contributed by atoms with E-state index in [1.54, 1.807) is 18.3 Å². The third-order valence-electron chi connectivity index (χ3n) is 5.04. The van der Waals surface area contributed by atoms with Crippen LogP contribution in [0.4, 0.5) is 4.39 Å². The second-order valence-corrected chi connectivity index (χ2v) is 6.93. The molecule has 2 nitrogen and oxygen atoms in total. The van der Waals surface area contributed by atoms with Crippen molar-refractivity contribution in [3.05, 3.63) is 109 Å². The molecule has 0 aliphatic heterocycles. The van der Waals surface area contributed by atoms with Gasteiger partial charge in [0.1, 0.15) is 5.82 Å². The predicted octanol–water partition coefficient (Wildman–Crippen LogP) is 6.77. The molecule has 29 heavy (non-hydrogen) atoms. The summed E-state index contributed by atoms with van der Waals surface area (Å²) in [7, 11) is 0. The fourth-order valence-corrected chi connectivity index (χ4v) is 3.48. The SMILES string of the molecule is Fc1ccc(-c2ccc3ccc(-c4ccc(-c5ccccn5)nc4)cc3c2)cc1. The summed E-state index contributed by atoms with van der Waals surface area (Å²) in [5.41, 5.74) is 5.95. The van der Waals surface area contributed by atoms with E-state index in [0.29, 0.717) is 0 Å². The molecule has 0 fully saturated rings. The molecule has 3 heteroatoms. The molecule has 0 radical (unpaired) electrons. The number of pyridine rings is 2. The van der Waals surface area contributed by atoms with E-state index >= 15 is 0 Å². The zero-order valence-electron chi connectivity index (χ0n) is 15.6. The maximum atomic E-state index is 13.2. The lowest BCUT2D eigenvalue weighted by atomic mass is 9.98. The maximum Gasteiger partial charge on any atom is 0.123 e. The molecule has 0 spiro atoms. The van der Waals surface area contributed by atoms with Crippen LogP contribution in [0.3, 0.4) is 0 Å². The number of hydrogen-bond donors (Lipinski definition) is 0. The van der Waals surface area contributed by atoms with Crippen LogP contribution in [0.25, 0.3) is 44.4 Å². The minimum Gasteiger partial charge on any atom is -0.255 e. The second-order valence-electron chi connectivity index (χ2n) is 6.93. The van der Waals surface area contributed by atoms with Gasteiger partial charge in [0, 0.05) is 18.0 Å². The zero-order valence-corrected chi connectivity index (χ0v) is 15.6. The van der Waals surface area contributed by atoms with Crippen molar-refractivity contribution in [1.29, 1.82) is 0 Å². The van der Waals surface area contributed by atoms with Crippen LogP contribution in [-0.4, -0.2) is 9.97 Å².